The summed E-state index contributed by atoms with van der Waals surface area (Å²) in [4.78, 5) is 10.8. The van der Waals surface area contributed by atoms with Crippen LogP contribution in [0.4, 0.5) is 0 Å². The number of fused-ring (bicyclic) bond motifs is 1. The molecule has 1 heterocycles. The van der Waals surface area contributed by atoms with Crippen molar-refractivity contribution in [3.05, 3.63) is 107 Å². The van der Waals surface area contributed by atoms with E-state index in [0.29, 0.717) is 6.42 Å². The molecule has 0 aliphatic rings. The van der Waals surface area contributed by atoms with Gasteiger partial charge in [0.1, 0.15) is 0 Å². The largest absolute Gasteiger partial charge is 0.481 e. The molecule has 4 rings (SSSR count). The van der Waals surface area contributed by atoms with Gasteiger partial charge >= 0.3 is 5.97 Å². The van der Waals surface area contributed by atoms with Crippen molar-refractivity contribution in [2.45, 2.75) is 25.8 Å². The van der Waals surface area contributed by atoms with Gasteiger partial charge in [0.25, 0.3) is 0 Å². The third-order valence-electron chi connectivity index (χ3n) is 5.31. The van der Waals surface area contributed by atoms with Gasteiger partial charge in [-0.3, -0.25) is 4.79 Å². The smallest absolute Gasteiger partial charge is 0.303 e. The van der Waals surface area contributed by atoms with Crippen LogP contribution in [0.15, 0.2) is 85.1 Å². The number of aliphatic carboxylic acids is 1. The molecular formula is C27H25NO2. The summed E-state index contributed by atoms with van der Waals surface area (Å²) in [5.74, 6) is -0.736. The second kappa shape index (κ2) is 9.27. The Balaban J connectivity index is 1.50. The third kappa shape index (κ3) is 4.87. The maximum Gasteiger partial charge on any atom is 0.303 e. The zero-order chi connectivity index (χ0) is 20.8. The van der Waals surface area contributed by atoms with Gasteiger partial charge in [0.15, 0.2) is 0 Å². The van der Waals surface area contributed by atoms with E-state index in [4.69, 9.17) is 5.11 Å². The van der Waals surface area contributed by atoms with Crippen LogP contribution in [0.1, 0.15) is 35.1 Å². The van der Waals surface area contributed by atoms with Crippen LogP contribution in [0.25, 0.3) is 23.1 Å². The average molecular weight is 396 g/mol. The minimum absolute atomic E-state index is 0.206. The van der Waals surface area contributed by atoms with Crippen LogP contribution in [0.3, 0.4) is 0 Å². The van der Waals surface area contributed by atoms with E-state index in [1.165, 1.54) is 33.2 Å². The van der Waals surface area contributed by atoms with Crippen molar-refractivity contribution in [3.63, 3.8) is 0 Å². The minimum atomic E-state index is -0.736. The molecule has 0 fully saturated rings. The summed E-state index contributed by atoms with van der Waals surface area (Å²) in [5, 5.41) is 10.1. The normalized spacial score (nSPS) is 11.3. The highest BCUT2D eigenvalue weighted by atomic mass is 16.4. The Morgan fingerprint density at radius 2 is 1.50 bits per heavy atom. The van der Waals surface area contributed by atoms with E-state index in [-0.39, 0.29) is 6.42 Å². The van der Waals surface area contributed by atoms with Gasteiger partial charge in [0.2, 0.25) is 0 Å². The Bertz CT molecular complexity index is 1150. The standard InChI is InChI=1S/C27H25NO2/c29-27(30)12-6-9-24-20-28(26-11-5-4-10-25(24)26)19-23-17-15-22(16-18-23)14-13-21-7-2-1-3-8-21/h1-5,7-8,10-11,13-18,20H,6,9,12,19H2,(H,29,30)/b14-13+. The number of carboxylic acids is 1. The number of rotatable bonds is 8. The lowest BCUT2D eigenvalue weighted by Crippen LogP contribution is -1.98. The Kier molecular flexibility index (Phi) is 6.09. The summed E-state index contributed by atoms with van der Waals surface area (Å²) < 4.78 is 2.26. The van der Waals surface area contributed by atoms with E-state index < -0.39 is 5.97 Å². The summed E-state index contributed by atoms with van der Waals surface area (Å²) in [7, 11) is 0. The molecule has 0 saturated carbocycles. The van der Waals surface area contributed by atoms with E-state index >= 15 is 0 Å². The molecule has 1 aromatic heterocycles. The minimum Gasteiger partial charge on any atom is -0.481 e. The second-order valence-electron chi connectivity index (χ2n) is 7.53. The second-order valence-corrected chi connectivity index (χ2v) is 7.53. The maximum absolute atomic E-state index is 10.8. The highest BCUT2D eigenvalue weighted by Crippen LogP contribution is 2.24. The SMILES string of the molecule is O=C(O)CCCc1cn(Cc2ccc(/C=C/c3ccccc3)cc2)c2ccccc12. The molecule has 4 aromatic rings. The number of aryl methyl sites for hydroxylation is 1. The lowest BCUT2D eigenvalue weighted by Gasteiger charge is -2.06. The molecule has 3 heteroatoms. The van der Waals surface area contributed by atoms with Crippen molar-refractivity contribution in [3.8, 4) is 0 Å². The molecule has 0 amide bonds. The molecule has 0 aliphatic carbocycles. The Morgan fingerprint density at radius 1 is 0.833 bits per heavy atom. The first-order chi connectivity index (χ1) is 14.7. The molecule has 0 radical (unpaired) electrons. The molecule has 0 unspecified atom stereocenters. The van der Waals surface area contributed by atoms with Gasteiger partial charge in [0.05, 0.1) is 0 Å². The van der Waals surface area contributed by atoms with Gasteiger partial charge in [-0.15, -0.1) is 0 Å². The monoisotopic (exact) mass is 395 g/mol. The van der Waals surface area contributed by atoms with E-state index in [0.717, 1.165) is 13.0 Å². The highest BCUT2D eigenvalue weighted by Gasteiger charge is 2.09. The molecule has 3 nitrogen and oxygen atoms in total. The summed E-state index contributed by atoms with van der Waals surface area (Å²) in [6, 6.07) is 27.3. The molecule has 0 aliphatic heterocycles. The zero-order valence-electron chi connectivity index (χ0n) is 16.9. The van der Waals surface area contributed by atoms with Crippen LogP contribution >= 0.6 is 0 Å². The fourth-order valence-electron chi connectivity index (χ4n) is 3.77. The number of aromatic nitrogens is 1. The molecule has 0 spiro atoms. The molecule has 150 valence electrons. The number of nitrogens with zero attached hydrogens (tertiary/aromatic N) is 1. The van der Waals surface area contributed by atoms with E-state index in [2.05, 4.69) is 77.5 Å². The highest BCUT2D eigenvalue weighted by molar-refractivity contribution is 5.84. The number of carbonyl (C=O) groups is 1. The van der Waals surface area contributed by atoms with Crippen LogP contribution in [0, 0.1) is 0 Å². The van der Waals surface area contributed by atoms with Crippen molar-refractivity contribution in [2.24, 2.45) is 0 Å². The van der Waals surface area contributed by atoms with Crippen LogP contribution in [0.5, 0.6) is 0 Å². The number of hydrogen-bond donors (Lipinski definition) is 1. The molecular weight excluding hydrogens is 370 g/mol. The predicted octanol–water partition coefficient (Wildman–Crippen LogP) is 6.27. The Labute approximate surface area is 176 Å². The fourth-order valence-corrected chi connectivity index (χ4v) is 3.77. The molecule has 0 atom stereocenters. The van der Waals surface area contributed by atoms with Gasteiger partial charge < -0.3 is 9.67 Å². The number of benzene rings is 3. The van der Waals surface area contributed by atoms with Crippen molar-refractivity contribution < 1.29 is 9.90 Å². The first kappa shape index (κ1) is 19.7. The van der Waals surface area contributed by atoms with Crippen molar-refractivity contribution >= 4 is 29.0 Å². The molecule has 1 N–H and O–H groups in total. The van der Waals surface area contributed by atoms with Gasteiger partial charge in [0, 0.05) is 30.1 Å². The van der Waals surface area contributed by atoms with Gasteiger partial charge in [-0.1, -0.05) is 84.9 Å². The van der Waals surface area contributed by atoms with Gasteiger partial charge in [-0.05, 0) is 41.2 Å². The van der Waals surface area contributed by atoms with Gasteiger partial charge in [-0.25, -0.2) is 0 Å². The topological polar surface area (TPSA) is 42.2 Å². The van der Waals surface area contributed by atoms with E-state index in [9.17, 15) is 4.79 Å². The first-order valence-corrected chi connectivity index (χ1v) is 10.3. The molecule has 30 heavy (non-hydrogen) atoms. The van der Waals surface area contributed by atoms with Crippen molar-refractivity contribution in [1.29, 1.82) is 0 Å². The predicted molar refractivity (Wildman–Crippen MR) is 123 cm³/mol. The average Bonchev–Trinajstić information content (AvgIpc) is 3.11. The van der Waals surface area contributed by atoms with Crippen LogP contribution in [-0.2, 0) is 17.8 Å². The third-order valence-corrected chi connectivity index (χ3v) is 5.31. The molecule has 0 bridgehead atoms. The number of para-hydroxylation sites is 1. The van der Waals surface area contributed by atoms with Crippen molar-refractivity contribution in [2.75, 3.05) is 0 Å². The Morgan fingerprint density at radius 3 is 2.23 bits per heavy atom. The molecule has 0 saturated heterocycles. The summed E-state index contributed by atoms with van der Waals surface area (Å²) >= 11 is 0. The first-order valence-electron chi connectivity index (χ1n) is 10.3. The lowest BCUT2D eigenvalue weighted by atomic mass is 10.1. The van der Waals surface area contributed by atoms with Gasteiger partial charge in [-0.2, -0.15) is 0 Å². The number of hydrogen-bond acceptors (Lipinski definition) is 1. The Hall–Kier alpha value is -3.59. The zero-order valence-corrected chi connectivity index (χ0v) is 16.9. The van der Waals surface area contributed by atoms with Crippen LogP contribution in [0.2, 0.25) is 0 Å². The van der Waals surface area contributed by atoms with E-state index in [1.807, 2.05) is 24.3 Å². The maximum atomic E-state index is 10.8. The van der Waals surface area contributed by atoms with E-state index in [1.54, 1.807) is 0 Å². The summed E-state index contributed by atoms with van der Waals surface area (Å²) in [6.45, 7) is 0.794. The fraction of sp³-hybridized carbons (Fsp3) is 0.148. The van der Waals surface area contributed by atoms with Crippen LogP contribution < -0.4 is 0 Å². The number of carboxylic acid groups (broad SMARTS) is 1. The quantitative estimate of drug-likeness (QED) is 0.357. The van der Waals surface area contributed by atoms with Crippen molar-refractivity contribution in [1.82, 2.24) is 4.57 Å². The summed E-state index contributed by atoms with van der Waals surface area (Å²) in [6.07, 6.45) is 8.07. The lowest BCUT2D eigenvalue weighted by molar-refractivity contribution is -0.137. The molecule has 3 aromatic carbocycles. The van der Waals surface area contributed by atoms with Crippen LogP contribution in [-0.4, -0.2) is 15.6 Å². The summed E-state index contributed by atoms with van der Waals surface area (Å²) in [5.41, 5.74) is 6.01.